The fourth-order valence-corrected chi connectivity index (χ4v) is 3.39. The Morgan fingerprint density at radius 2 is 1.97 bits per heavy atom. The van der Waals surface area contributed by atoms with Crippen LogP contribution in [0.2, 0.25) is 5.02 Å². The molecule has 0 saturated carbocycles. The third-order valence-electron chi connectivity index (χ3n) is 4.31. The summed E-state index contributed by atoms with van der Waals surface area (Å²) in [5.41, 5.74) is -1.33. The Hall–Kier alpha value is -3.56. The van der Waals surface area contributed by atoms with Crippen LogP contribution in [-0.4, -0.2) is 32.8 Å². The van der Waals surface area contributed by atoms with E-state index in [4.69, 9.17) is 11.6 Å². The van der Waals surface area contributed by atoms with Gasteiger partial charge in [0.1, 0.15) is 5.69 Å². The lowest BCUT2D eigenvalue weighted by Crippen LogP contribution is -2.23. The molecule has 0 saturated heterocycles. The first kappa shape index (κ1) is 24.1. The van der Waals surface area contributed by atoms with Gasteiger partial charge in [-0.1, -0.05) is 23.5 Å². The van der Waals surface area contributed by atoms with Gasteiger partial charge in [-0.25, -0.2) is 9.67 Å². The molecule has 0 bridgehead atoms. The third kappa shape index (κ3) is 5.10. The smallest absolute Gasteiger partial charge is 0.320 e. The quantitative estimate of drug-likeness (QED) is 0.509. The van der Waals surface area contributed by atoms with Gasteiger partial charge in [0.05, 0.1) is 27.9 Å². The second-order valence-corrected chi connectivity index (χ2v) is 7.57. The molecule has 170 valence electrons. The zero-order valence-electron chi connectivity index (χ0n) is 17.0. The molecule has 0 aliphatic rings. The number of aromatic nitrogens is 3. The van der Waals surface area contributed by atoms with Crippen molar-refractivity contribution in [1.29, 1.82) is 5.26 Å². The van der Waals surface area contributed by atoms with E-state index in [1.54, 1.807) is 13.2 Å². The SMILES string of the molecule is CSNC(=O)c1cc(C#N)cc(C)c1NC(=O)c1cc(C(F)(F)F)nn1-c1ncccc1Cl. The number of hydrogen-bond donors (Lipinski definition) is 2. The predicted octanol–water partition coefficient (Wildman–Crippen LogP) is 4.38. The van der Waals surface area contributed by atoms with E-state index in [2.05, 4.69) is 20.1 Å². The standard InChI is InChI=1S/C20H14ClF3N6O2S/c1-10-6-11(9-25)7-12(18(31)29-33-2)16(10)27-19(32)14-8-15(20(22,23)24)28-30(14)17-13(21)4-3-5-26-17/h3-8H,1-2H3,(H,27,32)(H,29,31). The monoisotopic (exact) mass is 494 g/mol. The lowest BCUT2D eigenvalue weighted by atomic mass is 10.0. The summed E-state index contributed by atoms with van der Waals surface area (Å²) in [7, 11) is 0. The molecule has 33 heavy (non-hydrogen) atoms. The Morgan fingerprint density at radius 1 is 1.24 bits per heavy atom. The molecule has 2 amide bonds. The molecule has 0 spiro atoms. The van der Waals surface area contributed by atoms with Crippen LogP contribution in [0.4, 0.5) is 18.9 Å². The highest BCUT2D eigenvalue weighted by molar-refractivity contribution is 7.97. The van der Waals surface area contributed by atoms with Crippen LogP contribution >= 0.6 is 23.5 Å². The van der Waals surface area contributed by atoms with Crippen LogP contribution in [0.1, 0.15) is 37.7 Å². The number of nitriles is 1. The maximum absolute atomic E-state index is 13.3. The first-order valence-electron chi connectivity index (χ1n) is 9.04. The van der Waals surface area contributed by atoms with Crippen molar-refractivity contribution in [2.75, 3.05) is 11.6 Å². The van der Waals surface area contributed by atoms with E-state index in [0.717, 1.165) is 11.9 Å². The van der Waals surface area contributed by atoms with Crippen molar-refractivity contribution in [2.45, 2.75) is 13.1 Å². The number of alkyl halides is 3. The summed E-state index contributed by atoms with van der Waals surface area (Å²) in [5, 5.41) is 15.1. The lowest BCUT2D eigenvalue weighted by molar-refractivity contribution is -0.141. The number of aryl methyl sites for hydroxylation is 1. The van der Waals surface area contributed by atoms with Gasteiger partial charge in [0.2, 0.25) is 0 Å². The average Bonchev–Trinajstić information content (AvgIpc) is 3.21. The fourth-order valence-electron chi connectivity index (χ4n) is 2.90. The van der Waals surface area contributed by atoms with E-state index in [-0.39, 0.29) is 27.7 Å². The van der Waals surface area contributed by atoms with Gasteiger partial charge in [-0.3, -0.25) is 14.3 Å². The number of carbonyl (C=O) groups is 2. The van der Waals surface area contributed by atoms with Gasteiger partial charge in [0, 0.05) is 18.5 Å². The molecule has 3 aromatic rings. The second-order valence-electron chi connectivity index (χ2n) is 6.55. The number of amides is 2. The number of benzene rings is 1. The Balaban J connectivity index is 2.12. The molecule has 0 aliphatic heterocycles. The van der Waals surface area contributed by atoms with Gasteiger partial charge < -0.3 is 5.32 Å². The summed E-state index contributed by atoms with van der Waals surface area (Å²) < 4.78 is 43.2. The molecular weight excluding hydrogens is 481 g/mol. The van der Waals surface area contributed by atoms with Crippen molar-refractivity contribution in [3.05, 3.63) is 69.6 Å². The first-order valence-corrected chi connectivity index (χ1v) is 10.6. The van der Waals surface area contributed by atoms with Gasteiger partial charge >= 0.3 is 6.18 Å². The van der Waals surface area contributed by atoms with Crippen molar-refractivity contribution in [3.8, 4) is 11.9 Å². The van der Waals surface area contributed by atoms with Crippen LogP contribution in [0.3, 0.4) is 0 Å². The van der Waals surface area contributed by atoms with Crippen molar-refractivity contribution >= 4 is 41.1 Å². The zero-order valence-corrected chi connectivity index (χ0v) is 18.6. The number of halogens is 4. The Morgan fingerprint density at radius 3 is 2.58 bits per heavy atom. The number of pyridine rings is 1. The Kier molecular flexibility index (Phi) is 6.95. The van der Waals surface area contributed by atoms with Gasteiger partial charge in [-0.05, 0) is 36.8 Å². The molecule has 3 rings (SSSR count). The molecule has 8 nitrogen and oxygen atoms in total. The van der Waals surface area contributed by atoms with Crippen molar-refractivity contribution in [3.63, 3.8) is 0 Å². The molecule has 1 aromatic carbocycles. The molecule has 2 N–H and O–H groups in total. The van der Waals surface area contributed by atoms with Crippen LogP contribution in [0.15, 0.2) is 36.5 Å². The number of nitrogens with one attached hydrogen (secondary N) is 2. The van der Waals surface area contributed by atoms with Crippen molar-refractivity contribution in [2.24, 2.45) is 0 Å². The fraction of sp³-hybridized carbons (Fsp3) is 0.150. The van der Waals surface area contributed by atoms with Crippen LogP contribution in [-0.2, 0) is 6.18 Å². The van der Waals surface area contributed by atoms with Crippen molar-refractivity contribution < 1.29 is 22.8 Å². The molecule has 2 heterocycles. The minimum absolute atomic E-state index is 0.0268. The normalized spacial score (nSPS) is 11.1. The number of nitrogens with zero attached hydrogens (tertiary/aromatic N) is 4. The number of carbonyl (C=O) groups excluding carboxylic acids is 2. The van der Waals surface area contributed by atoms with Crippen LogP contribution in [0, 0.1) is 18.3 Å². The van der Waals surface area contributed by atoms with Crippen LogP contribution in [0.25, 0.3) is 5.82 Å². The van der Waals surface area contributed by atoms with E-state index >= 15 is 0 Å². The van der Waals surface area contributed by atoms with Gasteiger partial charge in [0.15, 0.2) is 11.5 Å². The molecule has 0 unspecified atom stereocenters. The summed E-state index contributed by atoms with van der Waals surface area (Å²) in [6.45, 7) is 1.54. The zero-order chi connectivity index (χ0) is 24.3. The third-order valence-corrected chi connectivity index (χ3v) is 5.00. The minimum Gasteiger partial charge on any atom is -0.320 e. The predicted molar refractivity (Wildman–Crippen MR) is 116 cm³/mol. The summed E-state index contributed by atoms with van der Waals surface area (Å²) in [4.78, 5) is 29.5. The largest absolute Gasteiger partial charge is 0.435 e. The van der Waals surface area contributed by atoms with Gasteiger partial charge in [-0.15, -0.1) is 0 Å². The second kappa shape index (κ2) is 9.51. The molecule has 0 fully saturated rings. The Labute approximate surface area is 194 Å². The van der Waals surface area contributed by atoms with E-state index in [0.29, 0.717) is 16.3 Å². The molecule has 0 atom stereocenters. The summed E-state index contributed by atoms with van der Waals surface area (Å²) >= 11 is 7.06. The van der Waals surface area contributed by atoms with Gasteiger partial charge in [-0.2, -0.15) is 23.5 Å². The number of hydrogen-bond acceptors (Lipinski definition) is 6. The molecule has 13 heteroatoms. The average molecular weight is 495 g/mol. The van der Waals surface area contributed by atoms with Crippen LogP contribution in [0.5, 0.6) is 0 Å². The molecule has 0 radical (unpaired) electrons. The molecule has 2 aromatic heterocycles. The highest BCUT2D eigenvalue weighted by Gasteiger charge is 2.36. The Bertz CT molecular complexity index is 1290. The van der Waals surface area contributed by atoms with E-state index in [1.165, 1.54) is 30.5 Å². The highest BCUT2D eigenvalue weighted by Crippen LogP contribution is 2.31. The summed E-state index contributed by atoms with van der Waals surface area (Å²) in [6, 6.07) is 8.02. The number of anilines is 1. The van der Waals surface area contributed by atoms with E-state index in [9.17, 15) is 28.0 Å². The van der Waals surface area contributed by atoms with E-state index < -0.39 is 29.4 Å². The molecular formula is C20H14ClF3N6O2S. The highest BCUT2D eigenvalue weighted by atomic mass is 35.5. The first-order chi connectivity index (χ1) is 15.6. The maximum atomic E-state index is 13.3. The summed E-state index contributed by atoms with van der Waals surface area (Å²) in [6.07, 6.45) is -1.95. The molecule has 0 aliphatic carbocycles. The van der Waals surface area contributed by atoms with Gasteiger partial charge in [0.25, 0.3) is 11.8 Å². The number of rotatable bonds is 5. The van der Waals surface area contributed by atoms with E-state index in [1.807, 2.05) is 6.07 Å². The lowest BCUT2D eigenvalue weighted by Gasteiger charge is -2.15. The minimum atomic E-state index is -4.84. The van der Waals surface area contributed by atoms with Crippen LogP contribution < -0.4 is 10.0 Å². The topological polar surface area (TPSA) is 113 Å². The van der Waals surface area contributed by atoms with Crippen molar-refractivity contribution in [1.82, 2.24) is 19.5 Å². The maximum Gasteiger partial charge on any atom is 0.435 e. The summed E-state index contributed by atoms with van der Waals surface area (Å²) in [5.74, 6) is -1.78.